The minimum atomic E-state index is -0.995. The zero-order valence-electron chi connectivity index (χ0n) is 17.4. The van der Waals surface area contributed by atoms with Crippen LogP contribution in [0.4, 0.5) is 5.82 Å². The molecular weight excluding hydrogens is 430 g/mol. The highest BCUT2D eigenvalue weighted by Crippen LogP contribution is 2.31. The van der Waals surface area contributed by atoms with Gasteiger partial charge < -0.3 is 14.2 Å². The standard InChI is InChI=1S/C23H21N3O7/c27-21(15-7-3-1-4-8-15)31-14-17-13-18(33-22(28)16-9-5-2-6-10-16)20(32-17)26-12-11-19(25-30)24-23(26)29/h1-12,17-18,20,30H,13-14H2,(H,24,25,29)/t17-,18+,20+/m0/s1. The van der Waals surface area contributed by atoms with Gasteiger partial charge in [0.1, 0.15) is 12.7 Å². The van der Waals surface area contributed by atoms with Crippen molar-refractivity contribution >= 4 is 17.8 Å². The Morgan fingerprint density at radius 3 is 2.27 bits per heavy atom. The fourth-order valence-corrected chi connectivity index (χ4v) is 3.45. The fourth-order valence-electron chi connectivity index (χ4n) is 3.45. The molecule has 170 valence electrons. The maximum atomic E-state index is 12.6. The van der Waals surface area contributed by atoms with Crippen LogP contribution in [0.1, 0.15) is 33.4 Å². The van der Waals surface area contributed by atoms with Crippen LogP contribution in [0.2, 0.25) is 0 Å². The van der Waals surface area contributed by atoms with Crippen molar-refractivity contribution in [1.82, 2.24) is 9.55 Å². The molecule has 0 unspecified atom stereocenters. The summed E-state index contributed by atoms with van der Waals surface area (Å²) in [6.45, 7) is -0.0952. The highest BCUT2D eigenvalue weighted by Gasteiger charge is 2.40. The average Bonchev–Trinajstić information content (AvgIpc) is 3.25. The summed E-state index contributed by atoms with van der Waals surface area (Å²) in [4.78, 5) is 41.0. The van der Waals surface area contributed by atoms with E-state index in [1.807, 2.05) is 0 Å². The third-order valence-corrected chi connectivity index (χ3v) is 5.04. The predicted molar refractivity (Wildman–Crippen MR) is 115 cm³/mol. The lowest BCUT2D eigenvalue weighted by Crippen LogP contribution is -2.34. The van der Waals surface area contributed by atoms with E-state index in [9.17, 15) is 14.4 Å². The minimum absolute atomic E-state index is 0.0413. The zero-order valence-corrected chi connectivity index (χ0v) is 17.4. The smallest absolute Gasteiger partial charge is 0.351 e. The molecule has 0 spiro atoms. The highest BCUT2D eigenvalue weighted by atomic mass is 16.6. The molecular formula is C23H21N3O7. The van der Waals surface area contributed by atoms with Crippen molar-refractivity contribution in [2.75, 3.05) is 12.1 Å². The second-order valence-electron chi connectivity index (χ2n) is 7.27. The van der Waals surface area contributed by atoms with Gasteiger partial charge in [-0.05, 0) is 30.3 Å². The molecule has 1 aromatic heterocycles. The van der Waals surface area contributed by atoms with E-state index in [2.05, 4.69) is 4.98 Å². The number of nitrogens with one attached hydrogen (secondary N) is 1. The Bertz CT molecular complexity index is 1170. The van der Waals surface area contributed by atoms with Gasteiger partial charge in [-0.15, -0.1) is 0 Å². The molecule has 4 rings (SSSR count). The first-order chi connectivity index (χ1) is 16.0. The number of hydrogen-bond donors (Lipinski definition) is 2. The van der Waals surface area contributed by atoms with Gasteiger partial charge in [-0.25, -0.2) is 14.4 Å². The summed E-state index contributed by atoms with van der Waals surface area (Å²) >= 11 is 0. The van der Waals surface area contributed by atoms with Crippen LogP contribution in [0.15, 0.2) is 77.7 Å². The molecule has 1 aliphatic rings. The van der Waals surface area contributed by atoms with Gasteiger partial charge in [0, 0.05) is 12.6 Å². The van der Waals surface area contributed by atoms with Crippen molar-refractivity contribution in [2.45, 2.75) is 24.9 Å². The van der Waals surface area contributed by atoms with E-state index in [4.69, 9.17) is 19.4 Å². The number of hydrogen-bond acceptors (Lipinski definition) is 9. The lowest BCUT2D eigenvalue weighted by atomic mass is 10.2. The van der Waals surface area contributed by atoms with Gasteiger partial charge in [0.2, 0.25) is 0 Å². The molecule has 3 atom stereocenters. The monoisotopic (exact) mass is 451 g/mol. The first-order valence-electron chi connectivity index (χ1n) is 10.2. The van der Waals surface area contributed by atoms with Crippen LogP contribution < -0.4 is 11.2 Å². The van der Waals surface area contributed by atoms with Crippen LogP contribution in [0.3, 0.4) is 0 Å². The second-order valence-corrected chi connectivity index (χ2v) is 7.27. The number of nitrogens with zero attached hydrogens (tertiary/aromatic N) is 2. The van der Waals surface area contributed by atoms with Crippen molar-refractivity contribution in [3.05, 3.63) is 94.5 Å². The van der Waals surface area contributed by atoms with E-state index in [0.717, 1.165) is 4.57 Å². The molecule has 2 N–H and O–H groups in total. The zero-order chi connectivity index (χ0) is 23.2. The summed E-state index contributed by atoms with van der Waals surface area (Å²) in [5, 5.41) is 8.96. The number of carbonyl (C=O) groups is 2. The summed E-state index contributed by atoms with van der Waals surface area (Å²) in [5.41, 5.74) is 1.82. The Balaban J connectivity index is 1.51. The fraction of sp³-hybridized carbons (Fsp3) is 0.217. The van der Waals surface area contributed by atoms with Crippen molar-refractivity contribution in [3.63, 3.8) is 0 Å². The van der Waals surface area contributed by atoms with E-state index >= 15 is 0 Å². The Morgan fingerprint density at radius 1 is 1.03 bits per heavy atom. The number of esters is 2. The summed E-state index contributed by atoms with van der Waals surface area (Å²) in [5.74, 6) is -1.14. The van der Waals surface area contributed by atoms with Crippen LogP contribution in [-0.2, 0) is 14.2 Å². The summed E-state index contributed by atoms with van der Waals surface area (Å²) in [7, 11) is 0. The van der Waals surface area contributed by atoms with Crippen molar-refractivity contribution in [1.29, 1.82) is 0 Å². The largest absolute Gasteiger partial charge is 0.459 e. The lowest BCUT2D eigenvalue weighted by Gasteiger charge is -2.21. The van der Waals surface area contributed by atoms with Crippen molar-refractivity contribution < 1.29 is 29.0 Å². The average molecular weight is 451 g/mol. The number of rotatable bonds is 7. The quantitative estimate of drug-likeness (QED) is 0.411. The maximum Gasteiger partial charge on any atom is 0.351 e. The Morgan fingerprint density at radius 2 is 1.67 bits per heavy atom. The molecule has 10 nitrogen and oxygen atoms in total. The molecule has 1 aliphatic heterocycles. The predicted octanol–water partition coefficient (Wildman–Crippen LogP) is 2.41. The van der Waals surface area contributed by atoms with Gasteiger partial charge in [0.15, 0.2) is 12.0 Å². The van der Waals surface area contributed by atoms with Gasteiger partial charge in [0.25, 0.3) is 0 Å². The molecule has 33 heavy (non-hydrogen) atoms. The summed E-state index contributed by atoms with van der Waals surface area (Å²) in [6, 6.07) is 18.3. The van der Waals surface area contributed by atoms with Crippen LogP contribution in [0, 0.1) is 0 Å². The van der Waals surface area contributed by atoms with Gasteiger partial charge in [-0.2, -0.15) is 4.98 Å². The van der Waals surface area contributed by atoms with Crippen molar-refractivity contribution in [3.8, 4) is 0 Å². The van der Waals surface area contributed by atoms with E-state index in [1.165, 1.54) is 12.3 Å². The normalized spacial score (nSPS) is 19.6. The third-order valence-electron chi connectivity index (χ3n) is 5.04. The Hall–Kier alpha value is -4.02. The maximum absolute atomic E-state index is 12.6. The molecule has 0 radical (unpaired) electrons. The molecule has 0 amide bonds. The van der Waals surface area contributed by atoms with Crippen LogP contribution in [0.25, 0.3) is 0 Å². The summed E-state index contributed by atoms with van der Waals surface area (Å²) in [6.07, 6.45) is -0.909. The van der Waals surface area contributed by atoms with E-state index < -0.39 is 36.1 Å². The van der Waals surface area contributed by atoms with Crippen LogP contribution in [0.5, 0.6) is 0 Å². The van der Waals surface area contributed by atoms with Crippen LogP contribution in [-0.4, -0.2) is 45.5 Å². The minimum Gasteiger partial charge on any atom is -0.459 e. The van der Waals surface area contributed by atoms with E-state index in [-0.39, 0.29) is 18.8 Å². The molecule has 2 heterocycles. The Labute approximate surface area is 188 Å². The Kier molecular flexibility index (Phi) is 6.77. The van der Waals surface area contributed by atoms with Gasteiger partial charge in [0.05, 0.1) is 17.2 Å². The van der Waals surface area contributed by atoms with Gasteiger partial charge >= 0.3 is 17.6 Å². The highest BCUT2D eigenvalue weighted by molar-refractivity contribution is 5.89. The molecule has 1 fully saturated rings. The first-order valence-corrected chi connectivity index (χ1v) is 10.2. The number of aromatic nitrogens is 2. The number of anilines is 1. The third kappa shape index (κ3) is 5.25. The molecule has 3 aromatic rings. The molecule has 2 aromatic carbocycles. The number of benzene rings is 2. The number of carbonyl (C=O) groups excluding carboxylic acids is 2. The molecule has 10 heteroatoms. The molecule has 0 bridgehead atoms. The number of ether oxygens (including phenoxy) is 3. The van der Waals surface area contributed by atoms with Gasteiger partial charge in [-0.3, -0.25) is 15.3 Å². The topological polar surface area (TPSA) is 129 Å². The van der Waals surface area contributed by atoms with Crippen molar-refractivity contribution in [2.24, 2.45) is 0 Å². The molecule has 1 saturated heterocycles. The van der Waals surface area contributed by atoms with Gasteiger partial charge in [-0.1, -0.05) is 36.4 Å². The SMILES string of the molecule is O=C(OC[C@@H]1C[C@@H](OC(=O)c2ccccc2)[C@H](n2ccc(NO)nc2=O)O1)c1ccccc1. The van der Waals surface area contributed by atoms with E-state index in [1.54, 1.807) is 66.1 Å². The summed E-state index contributed by atoms with van der Waals surface area (Å²) < 4.78 is 18.1. The van der Waals surface area contributed by atoms with Crippen LogP contribution >= 0.6 is 0 Å². The molecule has 0 aliphatic carbocycles. The molecule has 0 saturated carbocycles. The second kappa shape index (κ2) is 10.1. The lowest BCUT2D eigenvalue weighted by molar-refractivity contribution is -0.0630. The van der Waals surface area contributed by atoms with E-state index in [0.29, 0.717) is 11.1 Å². The first kappa shape index (κ1) is 22.2.